The second-order valence-corrected chi connectivity index (χ2v) is 6.27. The molecule has 1 aliphatic carbocycles. The van der Waals surface area contributed by atoms with Crippen LogP contribution in [0.4, 0.5) is 0 Å². The van der Waals surface area contributed by atoms with E-state index in [4.69, 9.17) is 9.47 Å². The molecule has 20 heavy (non-hydrogen) atoms. The summed E-state index contributed by atoms with van der Waals surface area (Å²) in [6, 6.07) is 1.85. The Morgan fingerprint density at radius 3 is 2.60 bits per heavy atom. The number of carbonyl (C=O) groups is 1. The van der Waals surface area contributed by atoms with Gasteiger partial charge in [0.15, 0.2) is 11.5 Å². The smallest absolute Gasteiger partial charge is 0.314 e. The fourth-order valence-corrected chi connectivity index (χ4v) is 3.93. The van der Waals surface area contributed by atoms with Crippen LogP contribution < -0.4 is 9.47 Å². The summed E-state index contributed by atoms with van der Waals surface area (Å²) < 4.78 is 12.1. The van der Waals surface area contributed by atoms with E-state index in [-0.39, 0.29) is 0 Å². The molecule has 0 unspecified atom stereocenters. The number of rotatable bonds is 2. The minimum Gasteiger partial charge on any atom is -0.486 e. The highest BCUT2D eigenvalue weighted by molar-refractivity contribution is 9.10. The third-order valence-corrected chi connectivity index (χ3v) is 5.40. The van der Waals surface area contributed by atoms with Crippen molar-refractivity contribution in [2.75, 3.05) is 13.2 Å². The minimum absolute atomic E-state index is 0.508. The van der Waals surface area contributed by atoms with Crippen LogP contribution in [0.15, 0.2) is 10.5 Å². The lowest BCUT2D eigenvalue weighted by molar-refractivity contribution is -0.143. The minimum atomic E-state index is -0.792. The van der Waals surface area contributed by atoms with Crippen LogP contribution in [-0.4, -0.2) is 24.3 Å². The first-order valence-electron chi connectivity index (χ1n) is 6.89. The molecule has 1 aliphatic heterocycles. The predicted molar refractivity (Wildman–Crippen MR) is 77.7 cm³/mol. The van der Waals surface area contributed by atoms with Gasteiger partial charge in [0, 0.05) is 10.0 Å². The Hall–Kier alpha value is -1.23. The fourth-order valence-electron chi connectivity index (χ4n) is 3.25. The molecule has 2 aliphatic rings. The molecular weight excluding hydrogens is 324 g/mol. The highest BCUT2D eigenvalue weighted by atomic mass is 79.9. The number of carboxylic acids is 1. The predicted octanol–water partition coefficient (Wildman–Crippen LogP) is 3.43. The van der Waals surface area contributed by atoms with E-state index in [2.05, 4.69) is 15.9 Å². The zero-order valence-corrected chi connectivity index (χ0v) is 13.0. The summed E-state index contributed by atoms with van der Waals surface area (Å²) >= 11 is 3.57. The van der Waals surface area contributed by atoms with Crippen molar-refractivity contribution in [3.05, 3.63) is 21.7 Å². The van der Waals surface area contributed by atoms with Gasteiger partial charge in [-0.2, -0.15) is 0 Å². The highest BCUT2D eigenvalue weighted by Gasteiger charge is 2.45. The van der Waals surface area contributed by atoms with E-state index >= 15 is 0 Å². The van der Waals surface area contributed by atoms with Gasteiger partial charge in [0.05, 0.1) is 5.41 Å². The van der Waals surface area contributed by atoms with Gasteiger partial charge in [-0.25, -0.2) is 0 Å². The number of benzene rings is 1. The summed E-state index contributed by atoms with van der Waals surface area (Å²) in [5.41, 5.74) is 0.952. The molecule has 0 amide bonds. The number of aliphatic carboxylic acids is 1. The van der Waals surface area contributed by atoms with Gasteiger partial charge in [-0.15, -0.1) is 0 Å². The van der Waals surface area contributed by atoms with Crippen LogP contribution in [0, 0.1) is 6.92 Å². The normalized spacial score (nSPS) is 19.9. The van der Waals surface area contributed by atoms with Gasteiger partial charge >= 0.3 is 5.97 Å². The lowest BCUT2D eigenvalue weighted by Crippen LogP contribution is -2.33. The maximum Gasteiger partial charge on any atom is 0.314 e. The summed E-state index contributed by atoms with van der Waals surface area (Å²) in [5, 5.41) is 9.74. The molecule has 1 aromatic carbocycles. The van der Waals surface area contributed by atoms with Crippen molar-refractivity contribution in [2.45, 2.75) is 38.0 Å². The van der Waals surface area contributed by atoms with E-state index in [0.29, 0.717) is 31.8 Å². The molecule has 1 N–H and O–H groups in total. The largest absolute Gasteiger partial charge is 0.486 e. The molecule has 0 saturated heterocycles. The average Bonchev–Trinajstić information content (AvgIpc) is 2.93. The number of ether oxygens (including phenoxy) is 2. The Balaban J connectivity index is 2.18. The van der Waals surface area contributed by atoms with Crippen molar-refractivity contribution < 1.29 is 19.4 Å². The second kappa shape index (κ2) is 4.95. The lowest BCUT2D eigenvalue weighted by atomic mass is 9.78. The van der Waals surface area contributed by atoms with Crippen LogP contribution in [0.2, 0.25) is 0 Å². The first-order chi connectivity index (χ1) is 9.56. The van der Waals surface area contributed by atoms with Gasteiger partial charge in [-0.1, -0.05) is 28.8 Å². The molecule has 0 bridgehead atoms. The zero-order valence-electron chi connectivity index (χ0n) is 11.4. The SMILES string of the molecule is Cc1c(Br)c(C2(C(=O)O)CCCC2)cc2c1OCCO2. The van der Waals surface area contributed by atoms with E-state index in [0.717, 1.165) is 34.2 Å². The van der Waals surface area contributed by atoms with Crippen molar-refractivity contribution in [1.82, 2.24) is 0 Å². The quantitative estimate of drug-likeness (QED) is 0.896. The highest BCUT2D eigenvalue weighted by Crippen LogP contribution is 2.49. The number of carboxylic acid groups (broad SMARTS) is 1. The summed E-state index contributed by atoms with van der Waals surface area (Å²) in [6.07, 6.45) is 3.26. The first-order valence-corrected chi connectivity index (χ1v) is 7.68. The molecule has 1 fully saturated rings. The van der Waals surface area contributed by atoms with Gasteiger partial charge in [0.2, 0.25) is 0 Å². The monoisotopic (exact) mass is 340 g/mol. The third-order valence-electron chi connectivity index (χ3n) is 4.37. The summed E-state index contributed by atoms with van der Waals surface area (Å²) in [5.74, 6) is 0.650. The Morgan fingerprint density at radius 1 is 1.30 bits per heavy atom. The number of hydrogen-bond acceptors (Lipinski definition) is 3. The first kappa shape index (κ1) is 13.7. The Labute approximate surface area is 126 Å². The molecule has 3 rings (SSSR count). The van der Waals surface area contributed by atoms with Crippen LogP contribution >= 0.6 is 15.9 Å². The average molecular weight is 341 g/mol. The lowest BCUT2D eigenvalue weighted by Gasteiger charge is -2.29. The molecule has 0 aromatic heterocycles. The van der Waals surface area contributed by atoms with Crippen molar-refractivity contribution in [2.24, 2.45) is 0 Å². The summed E-state index contributed by atoms with van der Waals surface area (Å²) in [7, 11) is 0. The van der Waals surface area contributed by atoms with Crippen molar-refractivity contribution in [1.29, 1.82) is 0 Å². The standard InChI is InChI=1S/C15H17BrO4/c1-9-12(16)10(8-11-13(9)20-7-6-19-11)15(14(17)18)4-2-3-5-15/h8H,2-7H2,1H3,(H,17,18). The van der Waals surface area contributed by atoms with Crippen LogP contribution in [-0.2, 0) is 10.2 Å². The fraction of sp³-hybridized carbons (Fsp3) is 0.533. The van der Waals surface area contributed by atoms with Gasteiger partial charge in [0.25, 0.3) is 0 Å². The van der Waals surface area contributed by atoms with Gasteiger partial charge < -0.3 is 14.6 Å². The van der Waals surface area contributed by atoms with Crippen LogP contribution in [0.1, 0.15) is 36.8 Å². The van der Waals surface area contributed by atoms with E-state index in [1.807, 2.05) is 13.0 Å². The molecule has 5 heteroatoms. The van der Waals surface area contributed by atoms with E-state index in [1.165, 1.54) is 0 Å². The van der Waals surface area contributed by atoms with Crippen molar-refractivity contribution in [3.8, 4) is 11.5 Å². The van der Waals surface area contributed by atoms with Crippen molar-refractivity contribution >= 4 is 21.9 Å². The molecule has 108 valence electrons. The van der Waals surface area contributed by atoms with Crippen LogP contribution in [0.3, 0.4) is 0 Å². The van der Waals surface area contributed by atoms with Crippen LogP contribution in [0.25, 0.3) is 0 Å². The van der Waals surface area contributed by atoms with E-state index < -0.39 is 11.4 Å². The molecule has 1 aromatic rings. The Morgan fingerprint density at radius 2 is 1.95 bits per heavy atom. The van der Waals surface area contributed by atoms with Gasteiger partial charge in [0.1, 0.15) is 13.2 Å². The Kier molecular flexibility index (Phi) is 3.40. The van der Waals surface area contributed by atoms with Crippen molar-refractivity contribution in [3.63, 3.8) is 0 Å². The number of fused-ring (bicyclic) bond motifs is 1. The maximum absolute atomic E-state index is 11.9. The van der Waals surface area contributed by atoms with E-state index in [9.17, 15) is 9.90 Å². The second-order valence-electron chi connectivity index (χ2n) is 5.48. The number of hydrogen-bond donors (Lipinski definition) is 1. The van der Waals surface area contributed by atoms with Gasteiger partial charge in [-0.3, -0.25) is 4.79 Å². The van der Waals surface area contributed by atoms with Gasteiger partial charge in [-0.05, 0) is 31.4 Å². The molecular formula is C15H17BrO4. The molecule has 0 radical (unpaired) electrons. The molecule has 0 atom stereocenters. The number of halogens is 1. The molecule has 1 saturated carbocycles. The zero-order chi connectivity index (χ0) is 14.3. The molecule has 1 heterocycles. The summed E-state index contributed by atoms with van der Waals surface area (Å²) in [4.78, 5) is 11.9. The Bertz CT molecular complexity index is 561. The van der Waals surface area contributed by atoms with E-state index in [1.54, 1.807) is 0 Å². The molecule has 4 nitrogen and oxygen atoms in total. The van der Waals surface area contributed by atoms with Crippen LogP contribution in [0.5, 0.6) is 11.5 Å². The molecule has 0 spiro atoms. The summed E-state index contributed by atoms with van der Waals surface area (Å²) in [6.45, 7) is 2.98. The third kappa shape index (κ3) is 1.91. The maximum atomic E-state index is 11.9. The topological polar surface area (TPSA) is 55.8 Å².